The van der Waals surface area contributed by atoms with Gasteiger partial charge in [-0.25, -0.2) is 5.84 Å². The van der Waals surface area contributed by atoms with Gasteiger partial charge in [-0.05, 0) is 30.4 Å². The Kier molecular flexibility index (Phi) is 5.35. The Bertz CT molecular complexity index is 440. The second-order valence-corrected chi connectivity index (χ2v) is 5.35. The molecule has 1 heterocycles. The molecule has 6 heteroatoms. The van der Waals surface area contributed by atoms with Crippen LogP contribution < -0.4 is 20.7 Å². The van der Waals surface area contributed by atoms with Crippen molar-refractivity contribution in [2.45, 2.75) is 24.2 Å². The number of carbonyl (C=O) groups is 1. The van der Waals surface area contributed by atoms with E-state index in [0.717, 1.165) is 35.0 Å². The molecule has 104 valence electrons. The lowest BCUT2D eigenvalue weighted by molar-refractivity contribution is -0.121. The van der Waals surface area contributed by atoms with Gasteiger partial charge in [0.15, 0.2) is 11.5 Å². The Morgan fingerprint density at radius 3 is 2.89 bits per heavy atom. The standard InChI is InChI=1S/C13H18N2O3S/c14-15-13(16)3-1-8-19-10-4-5-11-12(9-10)18-7-2-6-17-11/h4-5,9H,1-3,6-8,14H2,(H,15,16). The van der Waals surface area contributed by atoms with Crippen LogP contribution in [0.1, 0.15) is 19.3 Å². The molecule has 0 aliphatic carbocycles. The second kappa shape index (κ2) is 7.25. The Labute approximate surface area is 116 Å². The summed E-state index contributed by atoms with van der Waals surface area (Å²) < 4.78 is 11.2. The Balaban J connectivity index is 1.84. The molecule has 5 nitrogen and oxygen atoms in total. The van der Waals surface area contributed by atoms with Gasteiger partial charge >= 0.3 is 0 Å². The van der Waals surface area contributed by atoms with E-state index in [1.807, 2.05) is 18.2 Å². The Morgan fingerprint density at radius 2 is 2.11 bits per heavy atom. The van der Waals surface area contributed by atoms with Crippen LogP contribution in [0.3, 0.4) is 0 Å². The average Bonchev–Trinajstić information content (AvgIpc) is 2.68. The van der Waals surface area contributed by atoms with Crippen molar-refractivity contribution < 1.29 is 14.3 Å². The maximum Gasteiger partial charge on any atom is 0.233 e. The van der Waals surface area contributed by atoms with E-state index in [9.17, 15) is 4.79 Å². The predicted octanol–water partition coefficient (Wildman–Crippen LogP) is 1.71. The molecule has 2 rings (SSSR count). The van der Waals surface area contributed by atoms with Gasteiger partial charge in [0.1, 0.15) is 0 Å². The van der Waals surface area contributed by atoms with Gasteiger partial charge in [-0.2, -0.15) is 0 Å². The fraction of sp³-hybridized carbons (Fsp3) is 0.462. The third-order valence-electron chi connectivity index (χ3n) is 2.70. The molecule has 3 N–H and O–H groups in total. The van der Waals surface area contributed by atoms with Gasteiger partial charge in [-0.3, -0.25) is 10.2 Å². The zero-order valence-electron chi connectivity index (χ0n) is 10.7. The van der Waals surface area contributed by atoms with Crippen LogP contribution in [0.5, 0.6) is 11.5 Å². The summed E-state index contributed by atoms with van der Waals surface area (Å²) in [7, 11) is 0. The molecule has 0 unspecified atom stereocenters. The number of ether oxygens (including phenoxy) is 2. The van der Waals surface area contributed by atoms with E-state index in [1.165, 1.54) is 0 Å². The molecule has 0 fully saturated rings. The number of benzene rings is 1. The van der Waals surface area contributed by atoms with Crippen LogP contribution in [0.2, 0.25) is 0 Å². The lowest BCUT2D eigenvalue weighted by atomic mass is 10.3. The van der Waals surface area contributed by atoms with Gasteiger partial charge < -0.3 is 9.47 Å². The molecular formula is C13H18N2O3S. The monoisotopic (exact) mass is 282 g/mol. The normalized spacial score (nSPS) is 13.7. The van der Waals surface area contributed by atoms with Crippen LogP contribution in [0.4, 0.5) is 0 Å². The summed E-state index contributed by atoms with van der Waals surface area (Å²) in [6, 6.07) is 5.95. The third kappa shape index (κ3) is 4.33. The first-order valence-corrected chi connectivity index (χ1v) is 7.30. The summed E-state index contributed by atoms with van der Waals surface area (Å²) in [5.41, 5.74) is 2.13. The molecule has 1 aromatic rings. The van der Waals surface area contributed by atoms with Crippen molar-refractivity contribution in [1.82, 2.24) is 5.43 Å². The van der Waals surface area contributed by atoms with Crippen LogP contribution >= 0.6 is 11.8 Å². The van der Waals surface area contributed by atoms with Crippen LogP contribution in [0.25, 0.3) is 0 Å². The first kappa shape index (κ1) is 14.0. The molecule has 0 aromatic heterocycles. The molecule has 0 saturated heterocycles. The molecule has 0 saturated carbocycles. The smallest absolute Gasteiger partial charge is 0.233 e. The molecule has 0 bridgehead atoms. The molecule has 19 heavy (non-hydrogen) atoms. The minimum absolute atomic E-state index is 0.126. The maximum atomic E-state index is 11.0. The third-order valence-corrected chi connectivity index (χ3v) is 3.78. The van der Waals surface area contributed by atoms with E-state index < -0.39 is 0 Å². The quantitative estimate of drug-likeness (QED) is 0.283. The molecule has 1 amide bonds. The highest BCUT2D eigenvalue weighted by Crippen LogP contribution is 2.34. The van der Waals surface area contributed by atoms with Crippen LogP contribution in [0.15, 0.2) is 23.1 Å². The molecule has 1 aromatic carbocycles. The molecular weight excluding hydrogens is 264 g/mol. The summed E-state index contributed by atoms with van der Waals surface area (Å²) >= 11 is 1.70. The van der Waals surface area contributed by atoms with Crippen molar-refractivity contribution in [2.24, 2.45) is 5.84 Å². The first-order valence-electron chi connectivity index (χ1n) is 6.31. The van der Waals surface area contributed by atoms with E-state index in [-0.39, 0.29) is 5.91 Å². The van der Waals surface area contributed by atoms with Gasteiger partial charge in [0, 0.05) is 17.7 Å². The largest absolute Gasteiger partial charge is 0.490 e. The molecule has 0 spiro atoms. The minimum Gasteiger partial charge on any atom is -0.490 e. The summed E-state index contributed by atoms with van der Waals surface area (Å²) in [6.45, 7) is 1.39. The van der Waals surface area contributed by atoms with Gasteiger partial charge in [0.05, 0.1) is 13.2 Å². The van der Waals surface area contributed by atoms with E-state index >= 15 is 0 Å². The van der Waals surface area contributed by atoms with Gasteiger partial charge in [-0.1, -0.05) is 0 Å². The number of hydrogen-bond acceptors (Lipinski definition) is 5. The van der Waals surface area contributed by atoms with Crippen LogP contribution in [0, 0.1) is 0 Å². The van der Waals surface area contributed by atoms with Crippen LogP contribution in [-0.2, 0) is 4.79 Å². The highest BCUT2D eigenvalue weighted by molar-refractivity contribution is 7.99. The SMILES string of the molecule is NNC(=O)CCCSc1ccc2c(c1)OCCCO2. The van der Waals surface area contributed by atoms with Crippen molar-refractivity contribution in [1.29, 1.82) is 0 Å². The Morgan fingerprint density at radius 1 is 1.32 bits per heavy atom. The summed E-state index contributed by atoms with van der Waals surface area (Å²) in [4.78, 5) is 12.1. The maximum absolute atomic E-state index is 11.0. The summed E-state index contributed by atoms with van der Waals surface area (Å²) in [6.07, 6.45) is 2.15. The van der Waals surface area contributed by atoms with Crippen molar-refractivity contribution in [3.8, 4) is 11.5 Å². The van der Waals surface area contributed by atoms with Gasteiger partial charge in [0.2, 0.25) is 5.91 Å². The minimum atomic E-state index is -0.126. The van der Waals surface area contributed by atoms with Crippen molar-refractivity contribution in [3.05, 3.63) is 18.2 Å². The number of hydrogen-bond donors (Lipinski definition) is 2. The zero-order chi connectivity index (χ0) is 13.5. The number of fused-ring (bicyclic) bond motifs is 1. The predicted molar refractivity (Wildman–Crippen MR) is 74.3 cm³/mol. The fourth-order valence-corrected chi connectivity index (χ4v) is 2.61. The fourth-order valence-electron chi connectivity index (χ4n) is 1.73. The van der Waals surface area contributed by atoms with E-state index in [1.54, 1.807) is 11.8 Å². The van der Waals surface area contributed by atoms with E-state index in [4.69, 9.17) is 15.3 Å². The summed E-state index contributed by atoms with van der Waals surface area (Å²) in [5.74, 6) is 7.38. The number of nitrogens with two attached hydrogens (primary N) is 1. The molecule has 0 atom stereocenters. The van der Waals surface area contributed by atoms with Gasteiger partial charge in [-0.15, -0.1) is 11.8 Å². The average molecular weight is 282 g/mol. The molecule has 1 aliphatic heterocycles. The topological polar surface area (TPSA) is 73.6 Å². The number of rotatable bonds is 5. The molecule has 0 radical (unpaired) electrons. The number of nitrogens with one attached hydrogen (secondary N) is 1. The number of thioether (sulfide) groups is 1. The van der Waals surface area contributed by atoms with Crippen molar-refractivity contribution >= 4 is 17.7 Å². The summed E-state index contributed by atoms with van der Waals surface area (Å²) in [5, 5.41) is 0. The lowest BCUT2D eigenvalue weighted by Gasteiger charge is -2.09. The molecule has 1 aliphatic rings. The highest BCUT2D eigenvalue weighted by Gasteiger charge is 2.10. The van der Waals surface area contributed by atoms with Crippen molar-refractivity contribution in [2.75, 3.05) is 19.0 Å². The van der Waals surface area contributed by atoms with Crippen LogP contribution in [-0.4, -0.2) is 24.9 Å². The first-order chi connectivity index (χ1) is 9.29. The lowest BCUT2D eigenvalue weighted by Crippen LogP contribution is -2.29. The van der Waals surface area contributed by atoms with E-state index in [0.29, 0.717) is 19.6 Å². The number of hydrazine groups is 1. The Hall–Kier alpha value is -1.40. The number of amides is 1. The number of carbonyl (C=O) groups excluding carboxylic acids is 1. The highest BCUT2D eigenvalue weighted by atomic mass is 32.2. The van der Waals surface area contributed by atoms with Gasteiger partial charge in [0.25, 0.3) is 0 Å². The zero-order valence-corrected chi connectivity index (χ0v) is 11.5. The van der Waals surface area contributed by atoms with E-state index in [2.05, 4.69) is 5.43 Å². The second-order valence-electron chi connectivity index (χ2n) is 4.18. The van der Waals surface area contributed by atoms with Crippen molar-refractivity contribution in [3.63, 3.8) is 0 Å².